The summed E-state index contributed by atoms with van der Waals surface area (Å²) in [5.74, 6) is -0.477. The summed E-state index contributed by atoms with van der Waals surface area (Å²) >= 11 is 0. The number of hydrogen-bond donors (Lipinski definition) is 2. The highest BCUT2D eigenvalue weighted by Gasteiger charge is 2.21. The van der Waals surface area contributed by atoms with E-state index >= 15 is 0 Å². The minimum absolute atomic E-state index is 0.106. The van der Waals surface area contributed by atoms with E-state index in [4.69, 9.17) is 0 Å². The van der Waals surface area contributed by atoms with E-state index in [2.05, 4.69) is 10.6 Å². The maximum absolute atomic E-state index is 12.4. The summed E-state index contributed by atoms with van der Waals surface area (Å²) in [4.78, 5) is 38.4. The summed E-state index contributed by atoms with van der Waals surface area (Å²) in [6, 6.07) is 20.7. The predicted octanol–water partition coefficient (Wildman–Crippen LogP) is 3.57. The smallest absolute Gasteiger partial charge is 0.251 e. The standard InChI is InChI=1S/C25H25N3O3/c1-17(21-9-4-7-18-6-2-3-8-22(18)21)27-23(29)16-26-25(31)19-11-13-20(14-12-19)28-15-5-10-24(28)30/h2-4,6-9,11-14,17H,5,10,15-16H2,1H3,(H,26,31)(H,27,29). The number of carbonyl (C=O) groups is 3. The number of amides is 3. The van der Waals surface area contributed by atoms with E-state index in [9.17, 15) is 14.4 Å². The van der Waals surface area contributed by atoms with E-state index in [1.165, 1.54) is 0 Å². The van der Waals surface area contributed by atoms with Crippen LogP contribution in [0.1, 0.15) is 41.7 Å². The highest BCUT2D eigenvalue weighted by atomic mass is 16.2. The van der Waals surface area contributed by atoms with Crippen molar-refractivity contribution in [3.63, 3.8) is 0 Å². The molecule has 1 aliphatic rings. The first-order chi connectivity index (χ1) is 15.0. The van der Waals surface area contributed by atoms with Crippen LogP contribution < -0.4 is 15.5 Å². The molecule has 1 aliphatic heterocycles. The second-order valence-electron chi connectivity index (χ2n) is 7.74. The fraction of sp³-hybridized carbons (Fsp3) is 0.240. The van der Waals surface area contributed by atoms with Crippen LogP contribution in [0, 0.1) is 0 Å². The topological polar surface area (TPSA) is 78.5 Å². The van der Waals surface area contributed by atoms with Gasteiger partial charge in [0.15, 0.2) is 0 Å². The average Bonchev–Trinajstić information content (AvgIpc) is 3.23. The van der Waals surface area contributed by atoms with Gasteiger partial charge in [0.05, 0.1) is 12.6 Å². The highest BCUT2D eigenvalue weighted by Crippen LogP contribution is 2.24. The Bertz CT molecular complexity index is 1120. The molecular formula is C25H25N3O3. The third-order valence-corrected chi connectivity index (χ3v) is 5.59. The van der Waals surface area contributed by atoms with Gasteiger partial charge in [-0.05, 0) is 53.9 Å². The molecule has 0 aromatic heterocycles. The first-order valence-corrected chi connectivity index (χ1v) is 10.5. The monoisotopic (exact) mass is 415 g/mol. The van der Waals surface area contributed by atoms with Gasteiger partial charge in [-0.3, -0.25) is 14.4 Å². The Hall–Kier alpha value is -3.67. The van der Waals surface area contributed by atoms with Gasteiger partial charge in [0, 0.05) is 24.2 Å². The van der Waals surface area contributed by atoms with Gasteiger partial charge in [0.1, 0.15) is 0 Å². The van der Waals surface area contributed by atoms with E-state index in [1.54, 1.807) is 29.2 Å². The number of carbonyl (C=O) groups excluding carboxylic acids is 3. The average molecular weight is 415 g/mol. The van der Waals surface area contributed by atoms with E-state index in [-0.39, 0.29) is 30.3 Å². The number of nitrogens with zero attached hydrogens (tertiary/aromatic N) is 1. The molecule has 0 saturated carbocycles. The maximum Gasteiger partial charge on any atom is 0.251 e. The highest BCUT2D eigenvalue weighted by molar-refractivity contribution is 5.98. The Morgan fingerprint density at radius 3 is 2.48 bits per heavy atom. The molecule has 1 unspecified atom stereocenters. The third kappa shape index (κ3) is 4.58. The molecule has 158 valence electrons. The number of rotatable bonds is 6. The van der Waals surface area contributed by atoms with Crippen LogP contribution in [0.5, 0.6) is 0 Å². The van der Waals surface area contributed by atoms with Crippen molar-refractivity contribution >= 4 is 34.2 Å². The van der Waals surface area contributed by atoms with E-state index in [0.717, 1.165) is 28.4 Å². The van der Waals surface area contributed by atoms with Crippen LogP contribution in [0.15, 0.2) is 66.7 Å². The second-order valence-corrected chi connectivity index (χ2v) is 7.74. The lowest BCUT2D eigenvalue weighted by Gasteiger charge is -2.17. The molecule has 6 heteroatoms. The summed E-state index contributed by atoms with van der Waals surface area (Å²) in [5, 5.41) is 7.82. The molecule has 0 aliphatic carbocycles. The lowest BCUT2D eigenvalue weighted by Crippen LogP contribution is -2.38. The molecule has 2 N–H and O–H groups in total. The normalized spacial score (nSPS) is 14.5. The van der Waals surface area contributed by atoms with Crippen molar-refractivity contribution < 1.29 is 14.4 Å². The number of fused-ring (bicyclic) bond motifs is 1. The van der Waals surface area contributed by atoms with Crippen molar-refractivity contribution in [1.29, 1.82) is 0 Å². The molecule has 6 nitrogen and oxygen atoms in total. The van der Waals surface area contributed by atoms with Gasteiger partial charge in [0.2, 0.25) is 11.8 Å². The second kappa shape index (κ2) is 9.00. The zero-order valence-electron chi connectivity index (χ0n) is 17.4. The minimum atomic E-state index is -0.327. The molecule has 0 bridgehead atoms. The lowest BCUT2D eigenvalue weighted by molar-refractivity contribution is -0.120. The van der Waals surface area contributed by atoms with Crippen LogP contribution in [-0.2, 0) is 9.59 Å². The van der Waals surface area contributed by atoms with Crippen molar-refractivity contribution in [2.24, 2.45) is 0 Å². The Morgan fingerprint density at radius 2 is 1.74 bits per heavy atom. The van der Waals surface area contributed by atoms with Gasteiger partial charge in [-0.25, -0.2) is 0 Å². The largest absolute Gasteiger partial charge is 0.348 e. The van der Waals surface area contributed by atoms with Crippen molar-refractivity contribution in [2.45, 2.75) is 25.8 Å². The SMILES string of the molecule is CC(NC(=O)CNC(=O)c1ccc(N2CCCC2=O)cc1)c1cccc2ccccc12. The third-order valence-electron chi connectivity index (χ3n) is 5.59. The molecule has 0 spiro atoms. The Balaban J connectivity index is 1.33. The summed E-state index contributed by atoms with van der Waals surface area (Å²) in [5.41, 5.74) is 2.27. The summed E-state index contributed by atoms with van der Waals surface area (Å²) < 4.78 is 0. The summed E-state index contributed by atoms with van der Waals surface area (Å²) in [6.07, 6.45) is 1.42. The molecule has 3 amide bonds. The van der Waals surface area contributed by atoms with E-state index < -0.39 is 0 Å². The Labute approximate surface area is 181 Å². The fourth-order valence-electron chi connectivity index (χ4n) is 3.97. The summed E-state index contributed by atoms with van der Waals surface area (Å²) in [7, 11) is 0. The van der Waals surface area contributed by atoms with Crippen molar-refractivity contribution in [3.8, 4) is 0 Å². The zero-order valence-corrected chi connectivity index (χ0v) is 17.4. The van der Waals surface area contributed by atoms with E-state index in [0.29, 0.717) is 18.5 Å². The van der Waals surface area contributed by atoms with Crippen LogP contribution in [0.2, 0.25) is 0 Å². The fourth-order valence-corrected chi connectivity index (χ4v) is 3.97. The summed E-state index contributed by atoms with van der Waals surface area (Å²) in [6.45, 7) is 2.53. The molecule has 1 saturated heterocycles. The lowest BCUT2D eigenvalue weighted by atomic mass is 10.00. The van der Waals surface area contributed by atoms with Gasteiger partial charge >= 0.3 is 0 Å². The molecule has 1 atom stereocenters. The number of anilines is 1. The first kappa shape index (κ1) is 20.6. The van der Waals surface area contributed by atoms with Gasteiger partial charge in [-0.2, -0.15) is 0 Å². The molecule has 0 radical (unpaired) electrons. The Kier molecular flexibility index (Phi) is 5.98. The van der Waals surface area contributed by atoms with Crippen molar-refractivity contribution in [1.82, 2.24) is 10.6 Å². The molecular weight excluding hydrogens is 390 g/mol. The number of benzene rings is 3. The zero-order chi connectivity index (χ0) is 21.8. The van der Waals surface area contributed by atoms with Gasteiger partial charge in [0.25, 0.3) is 5.91 Å². The molecule has 4 rings (SSSR count). The van der Waals surface area contributed by atoms with Gasteiger partial charge in [-0.15, -0.1) is 0 Å². The minimum Gasteiger partial charge on any atom is -0.348 e. The molecule has 1 heterocycles. The predicted molar refractivity (Wildman–Crippen MR) is 121 cm³/mol. The quantitative estimate of drug-likeness (QED) is 0.646. The first-order valence-electron chi connectivity index (χ1n) is 10.5. The van der Waals surface area contributed by atoms with Gasteiger partial charge in [-0.1, -0.05) is 42.5 Å². The van der Waals surface area contributed by atoms with Crippen LogP contribution >= 0.6 is 0 Å². The van der Waals surface area contributed by atoms with Crippen LogP contribution in [0.4, 0.5) is 5.69 Å². The molecule has 3 aromatic carbocycles. The van der Waals surface area contributed by atoms with Crippen LogP contribution in [0.25, 0.3) is 10.8 Å². The van der Waals surface area contributed by atoms with Gasteiger partial charge < -0.3 is 15.5 Å². The van der Waals surface area contributed by atoms with E-state index in [1.807, 2.05) is 49.4 Å². The Morgan fingerprint density at radius 1 is 1.00 bits per heavy atom. The molecule has 1 fully saturated rings. The van der Waals surface area contributed by atoms with Crippen molar-refractivity contribution in [2.75, 3.05) is 18.0 Å². The maximum atomic E-state index is 12.4. The number of hydrogen-bond acceptors (Lipinski definition) is 3. The number of nitrogens with one attached hydrogen (secondary N) is 2. The molecule has 3 aromatic rings. The van der Waals surface area contributed by atoms with Crippen LogP contribution in [-0.4, -0.2) is 30.8 Å². The van der Waals surface area contributed by atoms with Crippen LogP contribution in [0.3, 0.4) is 0 Å². The molecule has 31 heavy (non-hydrogen) atoms. The van der Waals surface area contributed by atoms with Crippen molar-refractivity contribution in [3.05, 3.63) is 77.9 Å².